The van der Waals surface area contributed by atoms with Crippen molar-refractivity contribution in [2.75, 3.05) is 20.8 Å². The largest absolute Gasteiger partial charge is 0.503 e. The van der Waals surface area contributed by atoms with Crippen LogP contribution in [0.4, 0.5) is 0 Å². The number of Topliss-reactive ketones (excluding diaryl/α,β-unsaturated/α-hetero) is 1. The first-order chi connectivity index (χ1) is 18.4. The number of nitrogens with zero attached hydrogens (tertiary/aromatic N) is 1. The molecule has 1 unspecified atom stereocenters. The van der Waals surface area contributed by atoms with Crippen molar-refractivity contribution in [3.8, 4) is 17.2 Å². The molecule has 1 aromatic heterocycles. The zero-order chi connectivity index (χ0) is 26.8. The monoisotopic (exact) mass is 513 g/mol. The number of methoxy groups -OCH3 is 2. The lowest BCUT2D eigenvalue weighted by Gasteiger charge is -2.27. The lowest BCUT2D eigenvalue weighted by molar-refractivity contribution is -0.130. The molecule has 1 atom stereocenters. The number of furan rings is 1. The maximum absolute atomic E-state index is 13.9. The van der Waals surface area contributed by atoms with Crippen molar-refractivity contribution in [3.05, 3.63) is 101 Å². The zero-order valence-corrected chi connectivity index (χ0v) is 21.3. The van der Waals surface area contributed by atoms with Gasteiger partial charge in [0.1, 0.15) is 11.5 Å². The molecule has 38 heavy (non-hydrogen) atoms. The number of carbonyl (C=O) groups is 2. The van der Waals surface area contributed by atoms with E-state index in [2.05, 4.69) is 0 Å². The third kappa shape index (κ3) is 4.45. The average Bonchev–Trinajstić information content (AvgIpc) is 3.48. The average molecular weight is 514 g/mol. The Hall–Kier alpha value is -4.72. The second-order valence-corrected chi connectivity index (χ2v) is 8.77. The summed E-state index contributed by atoms with van der Waals surface area (Å²) in [6.07, 6.45) is 0. The van der Waals surface area contributed by atoms with E-state index in [0.717, 1.165) is 5.56 Å². The van der Waals surface area contributed by atoms with Crippen LogP contribution in [0.15, 0.2) is 88.5 Å². The fourth-order valence-electron chi connectivity index (χ4n) is 4.71. The van der Waals surface area contributed by atoms with Crippen LogP contribution in [-0.4, -0.2) is 42.5 Å². The summed E-state index contributed by atoms with van der Waals surface area (Å²) in [4.78, 5) is 28.7. The van der Waals surface area contributed by atoms with E-state index in [1.165, 1.54) is 12.0 Å². The second kappa shape index (κ2) is 10.3. The van der Waals surface area contributed by atoms with Crippen molar-refractivity contribution in [1.29, 1.82) is 0 Å². The Kier molecular flexibility index (Phi) is 6.79. The first-order valence-electron chi connectivity index (χ1n) is 12.2. The second-order valence-electron chi connectivity index (χ2n) is 8.77. The highest BCUT2D eigenvalue weighted by molar-refractivity contribution is 6.16. The molecular formula is C30H27NO7. The smallest absolute Gasteiger partial charge is 0.290 e. The molecule has 1 aliphatic rings. The van der Waals surface area contributed by atoms with E-state index in [0.29, 0.717) is 40.4 Å². The van der Waals surface area contributed by atoms with Crippen molar-refractivity contribution in [1.82, 2.24) is 4.90 Å². The SMILES string of the molecule is CCOc1cccc(C2C(C(=O)c3cc4cccc(OC)c4o3)=C(O)C(=O)N2Cc2ccc(OC)cc2)c1. The van der Waals surface area contributed by atoms with Crippen LogP contribution in [0.2, 0.25) is 0 Å². The number of hydrogen-bond donors (Lipinski definition) is 1. The minimum Gasteiger partial charge on any atom is -0.503 e. The Bertz CT molecular complexity index is 1530. The van der Waals surface area contributed by atoms with E-state index in [-0.39, 0.29) is 17.9 Å². The van der Waals surface area contributed by atoms with E-state index in [1.54, 1.807) is 67.8 Å². The van der Waals surface area contributed by atoms with E-state index >= 15 is 0 Å². The highest BCUT2D eigenvalue weighted by Crippen LogP contribution is 2.42. The van der Waals surface area contributed by atoms with E-state index in [9.17, 15) is 14.7 Å². The number of carbonyl (C=O) groups excluding carboxylic acids is 2. The molecule has 194 valence electrons. The highest BCUT2D eigenvalue weighted by Gasteiger charge is 2.44. The topological polar surface area (TPSA) is 98.4 Å². The molecule has 1 amide bonds. The van der Waals surface area contributed by atoms with Crippen molar-refractivity contribution >= 4 is 22.7 Å². The van der Waals surface area contributed by atoms with Gasteiger partial charge < -0.3 is 28.6 Å². The Balaban J connectivity index is 1.59. The van der Waals surface area contributed by atoms with E-state index in [4.69, 9.17) is 18.6 Å². The van der Waals surface area contributed by atoms with Crippen LogP contribution in [0.25, 0.3) is 11.0 Å². The number of ketones is 1. The van der Waals surface area contributed by atoms with Gasteiger partial charge in [0.15, 0.2) is 22.9 Å². The number of hydrogen-bond acceptors (Lipinski definition) is 7. The minimum absolute atomic E-state index is 0.00360. The van der Waals surface area contributed by atoms with Gasteiger partial charge in [-0.25, -0.2) is 0 Å². The molecule has 0 radical (unpaired) electrons. The highest BCUT2D eigenvalue weighted by atomic mass is 16.5. The lowest BCUT2D eigenvalue weighted by Crippen LogP contribution is -2.30. The molecule has 0 saturated heterocycles. The molecule has 3 aromatic carbocycles. The van der Waals surface area contributed by atoms with E-state index < -0.39 is 23.5 Å². The Morgan fingerprint density at radius 2 is 1.74 bits per heavy atom. The number of ether oxygens (including phenoxy) is 3. The number of rotatable bonds is 9. The lowest BCUT2D eigenvalue weighted by atomic mass is 9.94. The summed E-state index contributed by atoms with van der Waals surface area (Å²) >= 11 is 0. The summed E-state index contributed by atoms with van der Waals surface area (Å²) in [5.41, 5.74) is 1.78. The molecule has 0 aliphatic carbocycles. The normalized spacial score (nSPS) is 15.3. The van der Waals surface area contributed by atoms with Gasteiger partial charge in [-0.1, -0.05) is 36.4 Å². The predicted molar refractivity (Wildman–Crippen MR) is 141 cm³/mol. The van der Waals surface area contributed by atoms with Gasteiger partial charge in [0, 0.05) is 11.9 Å². The van der Waals surface area contributed by atoms with E-state index in [1.807, 2.05) is 19.1 Å². The van der Waals surface area contributed by atoms with Gasteiger partial charge in [-0.15, -0.1) is 0 Å². The molecular weight excluding hydrogens is 486 g/mol. The number of aliphatic hydroxyl groups is 1. The Morgan fingerprint density at radius 1 is 0.974 bits per heavy atom. The first kappa shape index (κ1) is 25.0. The van der Waals surface area contributed by atoms with Crippen LogP contribution in [0.3, 0.4) is 0 Å². The molecule has 2 heterocycles. The Morgan fingerprint density at radius 3 is 2.45 bits per heavy atom. The van der Waals surface area contributed by atoms with Crippen LogP contribution in [-0.2, 0) is 11.3 Å². The fourth-order valence-corrected chi connectivity index (χ4v) is 4.71. The summed E-state index contributed by atoms with van der Waals surface area (Å²) in [6, 6.07) is 20.5. The number of amides is 1. The summed E-state index contributed by atoms with van der Waals surface area (Å²) < 4.78 is 22.2. The number of benzene rings is 3. The number of fused-ring (bicyclic) bond motifs is 1. The fraction of sp³-hybridized carbons (Fsp3) is 0.200. The Labute approximate surface area is 219 Å². The van der Waals surface area contributed by atoms with Crippen LogP contribution >= 0.6 is 0 Å². The standard InChI is InChI=1S/C30H27NO7/c1-4-37-22-9-5-7-19(15-22)26-25(27(32)24-16-20-8-6-10-23(36-3)29(20)38-24)28(33)30(34)31(26)17-18-11-13-21(35-2)14-12-18/h5-16,26,33H,4,17H2,1-3H3. The van der Waals surface area contributed by atoms with Crippen molar-refractivity contribution in [2.24, 2.45) is 0 Å². The maximum atomic E-state index is 13.9. The molecule has 5 rings (SSSR count). The molecule has 0 fully saturated rings. The van der Waals surface area contributed by atoms with Crippen molar-refractivity contribution in [2.45, 2.75) is 19.5 Å². The molecule has 0 saturated carbocycles. The molecule has 8 nitrogen and oxygen atoms in total. The van der Waals surface area contributed by atoms with Gasteiger partial charge in [-0.3, -0.25) is 9.59 Å². The van der Waals surface area contributed by atoms with Crippen LogP contribution in [0.1, 0.15) is 34.6 Å². The van der Waals surface area contributed by atoms with Crippen molar-refractivity contribution in [3.63, 3.8) is 0 Å². The molecule has 1 N–H and O–H groups in total. The third-order valence-electron chi connectivity index (χ3n) is 6.50. The van der Waals surface area contributed by atoms with Gasteiger partial charge in [-0.2, -0.15) is 0 Å². The van der Waals surface area contributed by atoms with Crippen LogP contribution < -0.4 is 14.2 Å². The minimum atomic E-state index is -0.868. The van der Waals surface area contributed by atoms with Gasteiger partial charge in [0.25, 0.3) is 5.91 Å². The van der Waals surface area contributed by atoms with Gasteiger partial charge >= 0.3 is 0 Å². The molecule has 0 spiro atoms. The molecule has 1 aliphatic heterocycles. The number of para-hydroxylation sites is 1. The maximum Gasteiger partial charge on any atom is 0.290 e. The number of aliphatic hydroxyl groups excluding tert-OH is 1. The summed E-state index contributed by atoms with van der Waals surface area (Å²) in [5.74, 6) is -0.0980. The van der Waals surface area contributed by atoms with Crippen molar-refractivity contribution < 1.29 is 33.3 Å². The first-order valence-corrected chi connectivity index (χ1v) is 12.2. The van der Waals surface area contributed by atoms with Gasteiger partial charge in [-0.05, 0) is 54.4 Å². The summed E-state index contributed by atoms with van der Waals surface area (Å²) in [6.45, 7) is 2.48. The molecule has 4 aromatic rings. The summed E-state index contributed by atoms with van der Waals surface area (Å²) in [5, 5.41) is 11.7. The molecule has 0 bridgehead atoms. The van der Waals surface area contributed by atoms with Crippen LogP contribution in [0.5, 0.6) is 17.2 Å². The van der Waals surface area contributed by atoms with Crippen LogP contribution in [0, 0.1) is 0 Å². The quantitative estimate of drug-likeness (QED) is 0.290. The summed E-state index contributed by atoms with van der Waals surface area (Å²) in [7, 11) is 3.09. The zero-order valence-electron chi connectivity index (χ0n) is 21.3. The molecule has 8 heteroatoms. The van der Waals surface area contributed by atoms with Gasteiger partial charge in [0.05, 0.1) is 32.4 Å². The van der Waals surface area contributed by atoms with Gasteiger partial charge in [0.2, 0.25) is 5.78 Å². The predicted octanol–water partition coefficient (Wildman–Crippen LogP) is 5.63. The third-order valence-corrected chi connectivity index (χ3v) is 6.50.